The molecule has 0 spiro atoms. The lowest BCUT2D eigenvalue weighted by Gasteiger charge is -2.34. The van der Waals surface area contributed by atoms with Gasteiger partial charge in [0.05, 0.1) is 11.8 Å². The number of aliphatic hydroxyl groups is 1. The van der Waals surface area contributed by atoms with Crippen LogP contribution in [-0.4, -0.2) is 44.5 Å². The molecule has 0 aliphatic carbocycles. The first-order valence-electron chi connectivity index (χ1n) is 7.42. The Labute approximate surface area is 128 Å². The Morgan fingerprint density at radius 1 is 1.57 bits per heavy atom. The molecule has 3 heterocycles. The molecule has 1 N–H and O–H groups in total. The molecule has 1 aliphatic heterocycles. The first kappa shape index (κ1) is 14.5. The zero-order valence-corrected chi connectivity index (χ0v) is 13.3. The summed E-state index contributed by atoms with van der Waals surface area (Å²) >= 11 is 1.61. The van der Waals surface area contributed by atoms with E-state index in [2.05, 4.69) is 14.8 Å². The van der Waals surface area contributed by atoms with Crippen LogP contribution in [0.25, 0.3) is 4.96 Å². The summed E-state index contributed by atoms with van der Waals surface area (Å²) in [5, 5.41) is 12.0. The van der Waals surface area contributed by atoms with Crippen molar-refractivity contribution in [1.82, 2.24) is 14.3 Å². The second-order valence-corrected chi connectivity index (χ2v) is 6.77. The number of likely N-dealkylation sites (tertiary alicyclic amines) is 1. The van der Waals surface area contributed by atoms with Gasteiger partial charge in [-0.3, -0.25) is 9.20 Å². The van der Waals surface area contributed by atoms with Crippen LogP contribution in [0.4, 0.5) is 0 Å². The standard InChI is InChI=1S/C15H21N3O2S/c1-10-5-6-17(8-13(10)19)14(20)4-3-12-9-21-15-16-11(2)7-18(12)15/h7,9-10,13,19H,3-6,8H2,1-2H3. The lowest BCUT2D eigenvalue weighted by atomic mass is 9.96. The van der Waals surface area contributed by atoms with E-state index in [1.54, 1.807) is 16.2 Å². The highest BCUT2D eigenvalue weighted by atomic mass is 32.1. The number of β-amino-alcohol motifs (C(OH)–C–C–N with tert-alkyl or cyclic N) is 1. The lowest BCUT2D eigenvalue weighted by Crippen LogP contribution is -2.45. The van der Waals surface area contributed by atoms with Crippen LogP contribution >= 0.6 is 11.3 Å². The molecule has 3 rings (SSSR count). The van der Waals surface area contributed by atoms with Crippen LogP contribution in [0.1, 0.15) is 31.2 Å². The number of aliphatic hydroxyl groups excluding tert-OH is 1. The maximum Gasteiger partial charge on any atom is 0.223 e. The normalized spacial score (nSPS) is 22.9. The summed E-state index contributed by atoms with van der Waals surface area (Å²) in [6, 6.07) is 0. The monoisotopic (exact) mass is 307 g/mol. The zero-order chi connectivity index (χ0) is 15.0. The van der Waals surface area contributed by atoms with Crippen molar-refractivity contribution in [3.63, 3.8) is 0 Å². The molecule has 0 saturated carbocycles. The average molecular weight is 307 g/mol. The molecule has 21 heavy (non-hydrogen) atoms. The highest BCUT2D eigenvalue weighted by Gasteiger charge is 2.27. The second kappa shape index (κ2) is 5.77. The second-order valence-electron chi connectivity index (χ2n) is 5.93. The lowest BCUT2D eigenvalue weighted by molar-refractivity contribution is -0.135. The van der Waals surface area contributed by atoms with Gasteiger partial charge in [0.2, 0.25) is 5.91 Å². The number of rotatable bonds is 3. The zero-order valence-electron chi connectivity index (χ0n) is 12.5. The number of carbonyl (C=O) groups excluding carboxylic acids is 1. The van der Waals surface area contributed by atoms with Gasteiger partial charge in [-0.05, 0) is 25.7 Å². The largest absolute Gasteiger partial charge is 0.391 e. The average Bonchev–Trinajstić information content (AvgIpc) is 2.98. The van der Waals surface area contributed by atoms with Gasteiger partial charge in [-0.2, -0.15) is 0 Å². The smallest absolute Gasteiger partial charge is 0.223 e. The molecular formula is C15H21N3O2S. The van der Waals surface area contributed by atoms with E-state index >= 15 is 0 Å². The maximum atomic E-state index is 12.3. The minimum absolute atomic E-state index is 0.136. The summed E-state index contributed by atoms with van der Waals surface area (Å²) in [5.74, 6) is 0.427. The molecule has 2 unspecified atom stereocenters. The summed E-state index contributed by atoms with van der Waals surface area (Å²) in [4.78, 5) is 19.5. The number of fused-ring (bicyclic) bond motifs is 1. The van der Waals surface area contributed by atoms with Gasteiger partial charge in [0.15, 0.2) is 4.96 Å². The quantitative estimate of drug-likeness (QED) is 0.942. The molecule has 114 valence electrons. The number of aromatic nitrogens is 2. The Morgan fingerprint density at radius 3 is 3.14 bits per heavy atom. The molecule has 0 bridgehead atoms. The van der Waals surface area contributed by atoms with Crippen molar-refractivity contribution in [2.75, 3.05) is 13.1 Å². The number of nitrogens with zero attached hydrogens (tertiary/aromatic N) is 3. The molecule has 1 fully saturated rings. The fourth-order valence-electron chi connectivity index (χ4n) is 2.79. The predicted molar refractivity (Wildman–Crippen MR) is 82.5 cm³/mol. The molecule has 1 aliphatic rings. The molecule has 6 heteroatoms. The number of hydrogen-bond donors (Lipinski definition) is 1. The van der Waals surface area contributed by atoms with Gasteiger partial charge in [0, 0.05) is 36.8 Å². The predicted octanol–water partition coefficient (Wildman–Crippen LogP) is 1.87. The molecule has 0 aromatic carbocycles. The van der Waals surface area contributed by atoms with Crippen LogP contribution in [0.15, 0.2) is 11.6 Å². The number of aryl methyl sites for hydroxylation is 2. The van der Waals surface area contributed by atoms with Gasteiger partial charge in [0.1, 0.15) is 0 Å². The van der Waals surface area contributed by atoms with Crippen molar-refractivity contribution in [2.45, 2.75) is 39.2 Å². The number of imidazole rings is 1. The molecular weight excluding hydrogens is 286 g/mol. The molecule has 2 aromatic heterocycles. The van der Waals surface area contributed by atoms with Gasteiger partial charge >= 0.3 is 0 Å². The highest BCUT2D eigenvalue weighted by Crippen LogP contribution is 2.20. The van der Waals surface area contributed by atoms with Crippen LogP contribution in [0.5, 0.6) is 0 Å². The van der Waals surface area contributed by atoms with Gasteiger partial charge in [-0.15, -0.1) is 11.3 Å². The Hall–Kier alpha value is -1.40. The van der Waals surface area contributed by atoms with E-state index in [0.717, 1.165) is 35.7 Å². The van der Waals surface area contributed by atoms with Crippen molar-refractivity contribution in [2.24, 2.45) is 5.92 Å². The highest BCUT2D eigenvalue weighted by molar-refractivity contribution is 7.15. The third kappa shape index (κ3) is 2.96. The fourth-order valence-corrected chi connectivity index (χ4v) is 3.74. The number of hydrogen-bond acceptors (Lipinski definition) is 4. The van der Waals surface area contributed by atoms with Crippen LogP contribution in [-0.2, 0) is 11.2 Å². The fraction of sp³-hybridized carbons (Fsp3) is 0.600. The van der Waals surface area contributed by atoms with E-state index in [0.29, 0.717) is 18.9 Å². The minimum Gasteiger partial charge on any atom is -0.391 e. The number of carbonyl (C=O) groups is 1. The Balaban J connectivity index is 1.61. The minimum atomic E-state index is -0.383. The topological polar surface area (TPSA) is 57.8 Å². The molecule has 1 saturated heterocycles. The Bertz CT molecular complexity index is 648. The van der Waals surface area contributed by atoms with Gasteiger partial charge in [0.25, 0.3) is 0 Å². The van der Waals surface area contributed by atoms with Crippen molar-refractivity contribution >= 4 is 22.2 Å². The summed E-state index contributed by atoms with van der Waals surface area (Å²) < 4.78 is 2.07. The van der Waals surface area contributed by atoms with E-state index in [9.17, 15) is 9.90 Å². The molecule has 2 atom stereocenters. The van der Waals surface area contributed by atoms with Crippen molar-refractivity contribution in [3.8, 4) is 0 Å². The van der Waals surface area contributed by atoms with Crippen LogP contribution < -0.4 is 0 Å². The van der Waals surface area contributed by atoms with Gasteiger partial charge in [-0.25, -0.2) is 4.98 Å². The molecule has 1 amide bonds. The van der Waals surface area contributed by atoms with Crippen LogP contribution in [0.3, 0.4) is 0 Å². The Morgan fingerprint density at radius 2 is 2.38 bits per heavy atom. The molecule has 0 radical (unpaired) electrons. The number of thiazole rings is 1. The summed E-state index contributed by atoms with van der Waals surface area (Å²) in [6.45, 7) is 5.25. The van der Waals surface area contributed by atoms with Crippen LogP contribution in [0, 0.1) is 12.8 Å². The molecule has 5 nitrogen and oxygen atoms in total. The summed E-state index contributed by atoms with van der Waals surface area (Å²) in [7, 11) is 0. The first-order valence-corrected chi connectivity index (χ1v) is 8.30. The van der Waals surface area contributed by atoms with Crippen molar-refractivity contribution in [1.29, 1.82) is 0 Å². The summed E-state index contributed by atoms with van der Waals surface area (Å²) in [6.07, 6.45) is 3.72. The van der Waals surface area contributed by atoms with E-state index in [1.165, 1.54) is 0 Å². The molecule has 2 aromatic rings. The summed E-state index contributed by atoms with van der Waals surface area (Å²) in [5.41, 5.74) is 2.14. The van der Waals surface area contributed by atoms with Crippen molar-refractivity contribution in [3.05, 3.63) is 23.0 Å². The maximum absolute atomic E-state index is 12.3. The van der Waals surface area contributed by atoms with Crippen molar-refractivity contribution < 1.29 is 9.90 Å². The van der Waals surface area contributed by atoms with E-state index in [-0.39, 0.29) is 12.0 Å². The third-order valence-corrected chi connectivity index (χ3v) is 5.16. The van der Waals surface area contributed by atoms with Gasteiger partial charge in [-0.1, -0.05) is 6.92 Å². The first-order chi connectivity index (χ1) is 10.0. The number of piperidine rings is 1. The SMILES string of the molecule is Cc1cn2c(CCC(=O)N3CCC(C)C(O)C3)csc2n1. The van der Waals surface area contributed by atoms with Gasteiger partial charge < -0.3 is 10.0 Å². The van der Waals surface area contributed by atoms with E-state index in [1.807, 2.05) is 20.0 Å². The van der Waals surface area contributed by atoms with E-state index < -0.39 is 0 Å². The Kier molecular flexibility index (Phi) is 3.99. The third-order valence-electron chi connectivity index (χ3n) is 4.27. The number of amides is 1. The van der Waals surface area contributed by atoms with E-state index in [4.69, 9.17) is 0 Å². The van der Waals surface area contributed by atoms with Crippen LogP contribution in [0.2, 0.25) is 0 Å².